The molecule has 138 valence electrons. The van der Waals surface area contributed by atoms with E-state index in [9.17, 15) is 14.4 Å². The number of carbonyl (C=O) groups excluding carboxylic acids is 2. The van der Waals surface area contributed by atoms with E-state index >= 15 is 0 Å². The summed E-state index contributed by atoms with van der Waals surface area (Å²) in [4.78, 5) is 44.1. The summed E-state index contributed by atoms with van der Waals surface area (Å²) < 4.78 is 0. The van der Waals surface area contributed by atoms with Crippen molar-refractivity contribution in [3.63, 3.8) is 0 Å². The molecule has 0 radical (unpaired) electrons. The minimum Gasteiger partial charge on any atom is -0.356 e. The van der Waals surface area contributed by atoms with Gasteiger partial charge >= 0.3 is 0 Å². The molecule has 1 aliphatic heterocycles. The Labute approximate surface area is 147 Å². The van der Waals surface area contributed by atoms with Gasteiger partial charge in [0.25, 0.3) is 5.56 Å². The number of nitrogens with zero attached hydrogens (tertiary/aromatic N) is 2. The number of aromatic amines is 1. The predicted octanol–water partition coefficient (Wildman–Crippen LogP) is -0.335. The first kappa shape index (κ1) is 19.1. The topological polar surface area (TPSA) is 107 Å². The van der Waals surface area contributed by atoms with Gasteiger partial charge < -0.3 is 15.6 Å². The van der Waals surface area contributed by atoms with Gasteiger partial charge in [0.05, 0.1) is 18.8 Å². The average Bonchev–Trinajstić information content (AvgIpc) is 2.55. The summed E-state index contributed by atoms with van der Waals surface area (Å²) in [6, 6.07) is 0.999. The quantitative estimate of drug-likeness (QED) is 0.595. The second kappa shape index (κ2) is 9.31. The highest BCUT2D eigenvalue weighted by Crippen LogP contribution is 2.12. The van der Waals surface area contributed by atoms with Crippen molar-refractivity contribution in [1.82, 2.24) is 25.5 Å². The summed E-state index contributed by atoms with van der Waals surface area (Å²) in [6.07, 6.45) is 2.97. The third-order valence-corrected chi connectivity index (χ3v) is 4.25. The zero-order valence-electron chi connectivity index (χ0n) is 14.9. The maximum Gasteiger partial charge on any atom is 0.250 e. The lowest BCUT2D eigenvalue weighted by molar-refractivity contribution is -0.134. The van der Waals surface area contributed by atoms with Crippen LogP contribution in [0.25, 0.3) is 0 Å². The lowest BCUT2D eigenvalue weighted by atomic mass is 10.1. The van der Waals surface area contributed by atoms with Crippen LogP contribution in [0.5, 0.6) is 0 Å². The van der Waals surface area contributed by atoms with E-state index in [1.54, 1.807) is 0 Å². The molecule has 1 atom stereocenters. The first-order valence-corrected chi connectivity index (χ1v) is 8.77. The summed E-state index contributed by atoms with van der Waals surface area (Å²) in [6.45, 7) is 6.90. The van der Waals surface area contributed by atoms with Crippen LogP contribution in [0.4, 0.5) is 0 Å². The Kier molecular flexibility index (Phi) is 7.12. The summed E-state index contributed by atoms with van der Waals surface area (Å²) in [5.41, 5.74) is 0.411. The van der Waals surface area contributed by atoms with E-state index < -0.39 is 6.04 Å². The second-order valence-corrected chi connectivity index (χ2v) is 6.73. The molecule has 2 amide bonds. The fraction of sp³-hybridized carbons (Fsp3) is 0.647. The van der Waals surface area contributed by atoms with Crippen LogP contribution in [-0.2, 0) is 16.0 Å². The van der Waals surface area contributed by atoms with E-state index in [1.807, 2.05) is 0 Å². The van der Waals surface area contributed by atoms with E-state index in [4.69, 9.17) is 0 Å². The highest BCUT2D eigenvalue weighted by atomic mass is 16.2. The van der Waals surface area contributed by atoms with Crippen LogP contribution in [0, 0.1) is 5.92 Å². The van der Waals surface area contributed by atoms with Crippen LogP contribution < -0.4 is 16.2 Å². The van der Waals surface area contributed by atoms with Gasteiger partial charge in [0.1, 0.15) is 0 Å². The van der Waals surface area contributed by atoms with E-state index in [2.05, 4.69) is 39.3 Å². The fourth-order valence-corrected chi connectivity index (χ4v) is 2.80. The van der Waals surface area contributed by atoms with Crippen LogP contribution in [0.1, 0.15) is 32.4 Å². The number of amides is 2. The van der Waals surface area contributed by atoms with Gasteiger partial charge in [0.2, 0.25) is 11.8 Å². The minimum atomic E-state index is -0.412. The highest BCUT2D eigenvalue weighted by molar-refractivity contribution is 5.88. The second-order valence-electron chi connectivity index (χ2n) is 6.73. The largest absolute Gasteiger partial charge is 0.356 e. The highest BCUT2D eigenvalue weighted by Gasteiger charge is 2.31. The molecule has 1 aromatic rings. The van der Waals surface area contributed by atoms with Gasteiger partial charge in [0, 0.05) is 37.8 Å². The normalized spacial score (nSPS) is 18.2. The first-order chi connectivity index (χ1) is 12.0. The molecule has 0 saturated carbocycles. The van der Waals surface area contributed by atoms with Crippen LogP contribution in [0.3, 0.4) is 0 Å². The molecular weight excluding hydrogens is 322 g/mol. The maximum absolute atomic E-state index is 12.2. The molecule has 0 aliphatic carbocycles. The van der Waals surface area contributed by atoms with Gasteiger partial charge in [-0.3, -0.25) is 19.3 Å². The van der Waals surface area contributed by atoms with Gasteiger partial charge in [-0.1, -0.05) is 13.8 Å². The third-order valence-electron chi connectivity index (χ3n) is 4.25. The molecule has 2 heterocycles. The zero-order valence-corrected chi connectivity index (χ0v) is 14.9. The van der Waals surface area contributed by atoms with Crippen molar-refractivity contribution >= 4 is 11.8 Å². The van der Waals surface area contributed by atoms with Crippen molar-refractivity contribution in [2.24, 2.45) is 5.92 Å². The van der Waals surface area contributed by atoms with Crippen LogP contribution in [0.2, 0.25) is 0 Å². The van der Waals surface area contributed by atoms with E-state index in [0.29, 0.717) is 31.1 Å². The number of hydrogen-bond donors (Lipinski definition) is 3. The number of aromatic nitrogens is 2. The molecule has 0 bridgehead atoms. The molecule has 0 spiro atoms. The molecule has 8 heteroatoms. The lowest BCUT2D eigenvalue weighted by Gasteiger charge is -2.35. The Morgan fingerprint density at radius 2 is 2.24 bits per heavy atom. The first-order valence-electron chi connectivity index (χ1n) is 8.77. The van der Waals surface area contributed by atoms with Crippen LogP contribution in [-0.4, -0.2) is 58.9 Å². The standard InChI is InChI=1S/C17H27N5O3/c1-12(2)4-7-22-8-6-19-17(25)14(22)10-16(24)18-5-3-13-9-15(23)21-11-20-13/h9,11-12,14H,3-8,10H2,1-2H3,(H,18,24)(H,19,25)(H,20,21,23)/t14-/m1/s1. The Morgan fingerprint density at radius 3 is 2.96 bits per heavy atom. The van der Waals surface area contributed by atoms with Crippen LogP contribution >= 0.6 is 0 Å². The Bertz CT molecular complexity index is 643. The fourth-order valence-electron chi connectivity index (χ4n) is 2.80. The van der Waals surface area contributed by atoms with Crippen molar-refractivity contribution in [3.8, 4) is 0 Å². The number of H-pyrrole nitrogens is 1. The smallest absolute Gasteiger partial charge is 0.250 e. The molecule has 0 aromatic carbocycles. The summed E-state index contributed by atoms with van der Waals surface area (Å²) >= 11 is 0. The average molecular weight is 349 g/mol. The number of hydrogen-bond acceptors (Lipinski definition) is 5. The summed E-state index contributed by atoms with van der Waals surface area (Å²) in [5.74, 6) is 0.309. The van der Waals surface area contributed by atoms with Crippen molar-refractivity contribution in [3.05, 3.63) is 28.4 Å². The molecule has 1 aliphatic rings. The van der Waals surface area contributed by atoms with Crippen molar-refractivity contribution in [2.45, 2.75) is 39.2 Å². The van der Waals surface area contributed by atoms with Gasteiger partial charge in [-0.05, 0) is 18.9 Å². The Balaban J connectivity index is 1.81. The predicted molar refractivity (Wildman–Crippen MR) is 94.0 cm³/mol. The number of carbonyl (C=O) groups is 2. The van der Waals surface area contributed by atoms with Crippen molar-refractivity contribution in [2.75, 3.05) is 26.2 Å². The lowest BCUT2D eigenvalue weighted by Crippen LogP contribution is -2.56. The SMILES string of the molecule is CC(C)CCN1CCNC(=O)[C@H]1CC(=O)NCCc1cc(=O)[nH]cn1. The zero-order chi connectivity index (χ0) is 18.2. The van der Waals surface area contributed by atoms with Crippen molar-refractivity contribution < 1.29 is 9.59 Å². The van der Waals surface area contributed by atoms with E-state index in [-0.39, 0.29) is 23.8 Å². The van der Waals surface area contributed by atoms with Gasteiger partial charge in [-0.25, -0.2) is 4.98 Å². The molecular formula is C17H27N5O3. The third kappa shape index (κ3) is 6.30. The van der Waals surface area contributed by atoms with Crippen LogP contribution in [0.15, 0.2) is 17.2 Å². The molecule has 1 saturated heterocycles. The molecule has 1 fully saturated rings. The molecule has 2 rings (SSSR count). The maximum atomic E-state index is 12.2. The number of piperazine rings is 1. The molecule has 1 aromatic heterocycles. The minimum absolute atomic E-state index is 0.0820. The molecule has 0 unspecified atom stereocenters. The summed E-state index contributed by atoms with van der Waals surface area (Å²) in [5, 5.41) is 5.64. The van der Waals surface area contributed by atoms with Gasteiger partial charge in [0.15, 0.2) is 0 Å². The number of nitrogens with one attached hydrogen (secondary N) is 3. The Hall–Kier alpha value is -2.22. The molecule has 3 N–H and O–H groups in total. The van der Waals surface area contributed by atoms with E-state index in [0.717, 1.165) is 19.5 Å². The molecule has 8 nitrogen and oxygen atoms in total. The summed E-state index contributed by atoms with van der Waals surface area (Å²) in [7, 11) is 0. The molecule has 25 heavy (non-hydrogen) atoms. The van der Waals surface area contributed by atoms with Gasteiger partial charge in [-0.2, -0.15) is 0 Å². The number of rotatable bonds is 8. The Morgan fingerprint density at radius 1 is 1.44 bits per heavy atom. The van der Waals surface area contributed by atoms with Gasteiger partial charge in [-0.15, -0.1) is 0 Å². The van der Waals surface area contributed by atoms with E-state index in [1.165, 1.54) is 12.4 Å². The van der Waals surface area contributed by atoms with Crippen molar-refractivity contribution in [1.29, 1.82) is 0 Å². The monoisotopic (exact) mass is 349 g/mol.